The van der Waals surface area contributed by atoms with Gasteiger partial charge in [0.1, 0.15) is 0 Å². The van der Waals surface area contributed by atoms with Crippen molar-refractivity contribution >= 4 is 5.91 Å². The minimum absolute atomic E-state index is 0.0388. The van der Waals surface area contributed by atoms with Gasteiger partial charge in [-0.15, -0.1) is 0 Å². The van der Waals surface area contributed by atoms with E-state index in [0.29, 0.717) is 19.7 Å². The Morgan fingerprint density at radius 1 is 1.33 bits per heavy atom. The molecule has 0 bridgehead atoms. The third-order valence-corrected chi connectivity index (χ3v) is 4.45. The van der Waals surface area contributed by atoms with Crippen molar-refractivity contribution in [3.05, 3.63) is 0 Å². The Labute approximate surface area is 127 Å². The predicted molar refractivity (Wildman–Crippen MR) is 80.1 cm³/mol. The van der Waals surface area contributed by atoms with Gasteiger partial charge in [-0.25, -0.2) is 0 Å². The van der Waals surface area contributed by atoms with Crippen LogP contribution in [-0.2, 0) is 14.3 Å². The summed E-state index contributed by atoms with van der Waals surface area (Å²) in [5, 5.41) is 10.6. The van der Waals surface area contributed by atoms with Crippen molar-refractivity contribution in [1.82, 2.24) is 4.90 Å². The Bertz CT molecular complexity index is 363. The summed E-state index contributed by atoms with van der Waals surface area (Å²) in [4.78, 5) is 14.4. The molecule has 0 aromatic heterocycles. The Hall–Kier alpha value is -0.650. The summed E-state index contributed by atoms with van der Waals surface area (Å²) in [6, 6.07) is 0. The first-order valence-corrected chi connectivity index (χ1v) is 8.00. The lowest BCUT2D eigenvalue weighted by Gasteiger charge is -2.43. The monoisotopic (exact) mass is 299 g/mol. The van der Waals surface area contributed by atoms with Gasteiger partial charge in [0.25, 0.3) is 0 Å². The van der Waals surface area contributed by atoms with Crippen LogP contribution in [-0.4, -0.2) is 60.0 Å². The molecule has 1 heterocycles. The van der Waals surface area contributed by atoms with Crippen molar-refractivity contribution in [2.24, 2.45) is 0 Å². The molecule has 5 nitrogen and oxygen atoms in total. The standard InChI is InChI=1S/C16H29NO4/c1-15(2)12-17(10-13(21-15)11-20-3)14(18)9-16(19)7-5-4-6-8-16/h13,19H,4-12H2,1-3H3. The second-order valence-corrected chi connectivity index (χ2v) is 7.19. The van der Waals surface area contributed by atoms with E-state index in [9.17, 15) is 9.90 Å². The van der Waals surface area contributed by atoms with Crippen molar-refractivity contribution in [3.8, 4) is 0 Å². The van der Waals surface area contributed by atoms with Crippen molar-refractivity contribution in [1.29, 1.82) is 0 Å². The molecule has 0 aromatic carbocycles. The number of hydrogen-bond donors (Lipinski definition) is 1. The van der Waals surface area contributed by atoms with Gasteiger partial charge in [-0.3, -0.25) is 4.79 Å². The van der Waals surface area contributed by atoms with E-state index in [1.54, 1.807) is 7.11 Å². The van der Waals surface area contributed by atoms with Crippen LogP contribution in [0.5, 0.6) is 0 Å². The normalized spacial score (nSPS) is 28.4. The molecule has 0 spiro atoms. The van der Waals surface area contributed by atoms with E-state index in [0.717, 1.165) is 32.1 Å². The molecule has 1 saturated heterocycles. The number of rotatable bonds is 4. The van der Waals surface area contributed by atoms with Crippen LogP contribution in [0.2, 0.25) is 0 Å². The van der Waals surface area contributed by atoms with Gasteiger partial charge in [-0.1, -0.05) is 19.3 Å². The molecule has 122 valence electrons. The van der Waals surface area contributed by atoms with Gasteiger partial charge < -0.3 is 19.5 Å². The summed E-state index contributed by atoms with van der Waals surface area (Å²) in [7, 11) is 1.64. The molecule has 1 atom stereocenters. The van der Waals surface area contributed by atoms with Crippen LogP contribution >= 0.6 is 0 Å². The molecule has 2 aliphatic rings. The average molecular weight is 299 g/mol. The zero-order chi connectivity index (χ0) is 15.5. The van der Waals surface area contributed by atoms with Gasteiger partial charge in [0.05, 0.1) is 30.3 Å². The molecule has 0 radical (unpaired) electrons. The lowest BCUT2D eigenvalue weighted by atomic mass is 9.82. The van der Waals surface area contributed by atoms with E-state index in [1.165, 1.54) is 0 Å². The molecule has 2 fully saturated rings. The number of amides is 1. The quantitative estimate of drug-likeness (QED) is 0.859. The van der Waals surface area contributed by atoms with Crippen molar-refractivity contribution in [2.45, 2.75) is 69.7 Å². The maximum atomic E-state index is 12.6. The first-order chi connectivity index (χ1) is 9.84. The first-order valence-electron chi connectivity index (χ1n) is 8.00. The molecule has 1 amide bonds. The fourth-order valence-electron chi connectivity index (χ4n) is 3.54. The van der Waals surface area contributed by atoms with Gasteiger partial charge in [0.2, 0.25) is 5.91 Å². The Morgan fingerprint density at radius 2 is 2.00 bits per heavy atom. The van der Waals surface area contributed by atoms with E-state index >= 15 is 0 Å². The molecule has 2 rings (SSSR count). The number of morpholine rings is 1. The van der Waals surface area contributed by atoms with Gasteiger partial charge in [0, 0.05) is 20.2 Å². The van der Waals surface area contributed by atoms with E-state index in [4.69, 9.17) is 9.47 Å². The summed E-state index contributed by atoms with van der Waals surface area (Å²) in [5.74, 6) is 0.0388. The molecular formula is C16H29NO4. The van der Waals surface area contributed by atoms with Crippen molar-refractivity contribution < 1.29 is 19.4 Å². The lowest BCUT2D eigenvalue weighted by molar-refractivity contribution is -0.172. The molecule has 1 saturated carbocycles. The maximum Gasteiger partial charge on any atom is 0.225 e. The highest BCUT2D eigenvalue weighted by molar-refractivity contribution is 5.77. The number of carbonyl (C=O) groups is 1. The van der Waals surface area contributed by atoms with Crippen LogP contribution in [0.25, 0.3) is 0 Å². The Balaban J connectivity index is 1.96. The second-order valence-electron chi connectivity index (χ2n) is 7.19. The molecule has 1 aliphatic carbocycles. The molecular weight excluding hydrogens is 270 g/mol. The van der Waals surface area contributed by atoms with Crippen LogP contribution in [0, 0.1) is 0 Å². The van der Waals surface area contributed by atoms with Crippen LogP contribution in [0.1, 0.15) is 52.4 Å². The maximum absolute atomic E-state index is 12.6. The van der Waals surface area contributed by atoms with Crippen molar-refractivity contribution in [2.75, 3.05) is 26.8 Å². The predicted octanol–water partition coefficient (Wildman–Crippen LogP) is 1.72. The number of aliphatic hydroxyl groups is 1. The summed E-state index contributed by atoms with van der Waals surface area (Å²) in [6.07, 6.45) is 4.83. The smallest absolute Gasteiger partial charge is 0.225 e. The van der Waals surface area contributed by atoms with E-state index < -0.39 is 5.60 Å². The van der Waals surface area contributed by atoms with Crippen LogP contribution in [0.15, 0.2) is 0 Å². The zero-order valence-corrected chi connectivity index (χ0v) is 13.6. The second kappa shape index (κ2) is 6.63. The number of hydrogen-bond acceptors (Lipinski definition) is 4. The highest BCUT2D eigenvalue weighted by Gasteiger charge is 2.39. The molecule has 1 aliphatic heterocycles. The highest BCUT2D eigenvalue weighted by Crippen LogP contribution is 2.32. The fraction of sp³-hybridized carbons (Fsp3) is 0.938. The average Bonchev–Trinajstić information content (AvgIpc) is 2.37. The topological polar surface area (TPSA) is 59.0 Å². The zero-order valence-electron chi connectivity index (χ0n) is 13.6. The Kier molecular flexibility index (Phi) is 5.28. The largest absolute Gasteiger partial charge is 0.389 e. The highest BCUT2D eigenvalue weighted by atomic mass is 16.5. The molecule has 0 aromatic rings. The van der Waals surface area contributed by atoms with Gasteiger partial charge in [-0.2, -0.15) is 0 Å². The van der Waals surface area contributed by atoms with E-state index in [1.807, 2.05) is 18.7 Å². The minimum Gasteiger partial charge on any atom is -0.389 e. The number of nitrogens with zero attached hydrogens (tertiary/aromatic N) is 1. The van der Waals surface area contributed by atoms with Crippen molar-refractivity contribution in [3.63, 3.8) is 0 Å². The summed E-state index contributed by atoms with van der Waals surface area (Å²) >= 11 is 0. The lowest BCUT2D eigenvalue weighted by Crippen LogP contribution is -2.56. The number of carbonyl (C=O) groups excluding carboxylic acids is 1. The molecule has 21 heavy (non-hydrogen) atoms. The number of ether oxygens (including phenoxy) is 2. The summed E-state index contributed by atoms with van der Waals surface area (Å²) in [5.41, 5.74) is -1.17. The fourth-order valence-corrected chi connectivity index (χ4v) is 3.54. The first kappa shape index (κ1) is 16.7. The van der Waals surface area contributed by atoms with Gasteiger partial charge >= 0.3 is 0 Å². The van der Waals surface area contributed by atoms with E-state index in [-0.39, 0.29) is 24.0 Å². The van der Waals surface area contributed by atoms with Gasteiger partial charge in [0.15, 0.2) is 0 Å². The molecule has 1 N–H and O–H groups in total. The SMILES string of the molecule is COCC1CN(C(=O)CC2(O)CCCCC2)CC(C)(C)O1. The summed E-state index contributed by atoms with van der Waals surface area (Å²) in [6.45, 7) is 5.58. The number of methoxy groups -OCH3 is 1. The third kappa shape index (κ3) is 4.66. The minimum atomic E-state index is -0.797. The molecule has 5 heteroatoms. The van der Waals surface area contributed by atoms with Crippen LogP contribution in [0.3, 0.4) is 0 Å². The Morgan fingerprint density at radius 3 is 2.62 bits per heavy atom. The van der Waals surface area contributed by atoms with Gasteiger partial charge in [-0.05, 0) is 26.7 Å². The molecule has 1 unspecified atom stereocenters. The van der Waals surface area contributed by atoms with Crippen LogP contribution < -0.4 is 0 Å². The van der Waals surface area contributed by atoms with E-state index in [2.05, 4.69) is 0 Å². The third-order valence-electron chi connectivity index (χ3n) is 4.45. The summed E-state index contributed by atoms with van der Waals surface area (Å²) < 4.78 is 11.1. The van der Waals surface area contributed by atoms with Crippen LogP contribution in [0.4, 0.5) is 0 Å².